The number of hydrogen-bond donors (Lipinski definition) is 2. The van der Waals surface area contributed by atoms with Crippen LogP contribution in [0, 0.1) is 11.8 Å². The van der Waals surface area contributed by atoms with E-state index < -0.39 is 0 Å². The van der Waals surface area contributed by atoms with E-state index in [9.17, 15) is 4.79 Å². The Hall–Kier alpha value is -1.04. The highest BCUT2D eigenvalue weighted by Gasteiger charge is 2.21. The van der Waals surface area contributed by atoms with E-state index in [1.54, 1.807) is 0 Å². The molecule has 0 aromatic carbocycles. The van der Waals surface area contributed by atoms with Gasteiger partial charge in [-0.05, 0) is 62.2 Å². The zero-order chi connectivity index (χ0) is 16.8. The predicted molar refractivity (Wildman–Crippen MR) is 111 cm³/mol. The van der Waals surface area contributed by atoms with E-state index in [2.05, 4.69) is 39.6 Å². The summed E-state index contributed by atoms with van der Waals surface area (Å²) in [5, 5.41) is 6.43. The number of carbonyl (C=O) groups is 1. The largest absolute Gasteiger partial charge is 0.357 e. The number of nitrogens with one attached hydrogen (secondary N) is 2. The summed E-state index contributed by atoms with van der Waals surface area (Å²) in [6.45, 7) is 7.18. The molecule has 26 heavy (non-hydrogen) atoms. The fourth-order valence-corrected chi connectivity index (χ4v) is 3.80. The average molecular weight is 403 g/mol. The molecule has 0 bridgehead atoms. The summed E-state index contributed by atoms with van der Waals surface area (Å²) >= 11 is 0. The molecule has 2 N–H and O–H groups in total. The molecule has 5 nitrogen and oxygen atoms in total. The van der Waals surface area contributed by atoms with Crippen molar-refractivity contribution in [1.29, 1.82) is 0 Å². The molecule has 2 aliphatic rings. The summed E-state index contributed by atoms with van der Waals surface area (Å²) in [5.74, 6) is 2.35. The molecule has 0 saturated carbocycles. The van der Waals surface area contributed by atoms with E-state index in [-0.39, 0.29) is 30.7 Å². The first-order valence-corrected chi connectivity index (χ1v) is 9.39. The van der Waals surface area contributed by atoms with Gasteiger partial charge in [-0.15, -0.1) is 24.8 Å². The standard InChI is InChI=1S/C19H30N4O.2ClH/c1-15(17-6-8-20-9-7-17)12-19(24)22-14-16-4-5-18(21-13-16)23-10-2-3-11-23;;/h4-5,13,15,17,20H,2-3,6-12,14H2,1H3,(H,22,24);2*1H. The highest BCUT2D eigenvalue weighted by molar-refractivity contribution is 5.85. The predicted octanol–water partition coefficient (Wildman–Crippen LogP) is 3.17. The number of carbonyl (C=O) groups excluding carboxylic acids is 1. The molecule has 1 aromatic rings. The quantitative estimate of drug-likeness (QED) is 0.766. The Balaban J connectivity index is 0.00000169. The summed E-state index contributed by atoms with van der Waals surface area (Å²) < 4.78 is 0. The number of piperidine rings is 1. The van der Waals surface area contributed by atoms with Gasteiger partial charge in [-0.2, -0.15) is 0 Å². The van der Waals surface area contributed by atoms with Gasteiger partial charge in [-0.3, -0.25) is 4.79 Å². The van der Waals surface area contributed by atoms with Crippen molar-refractivity contribution in [3.8, 4) is 0 Å². The SMILES string of the molecule is CC(CC(=O)NCc1ccc(N2CCCC2)nc1)C1CCNCC1.Cl.Cl. The first-order valence-electron chi connectivity index (χ1n) is 9.39. The van der Waals surface area contributed by atoms with Crippen LogP contribution in [0.3, 0.4) is 0 Å². The molecule has 1 aromatic heterocycles. The summed E-state index contributed by atoms with van der Waals surface area (Å²) in [4.78, 5) is 19.1. The molecule has 148 valence electrons. The minimum atomic E-state index is 0. The summed E-state index contributed by atoms with van der Waals surface area (Å²) in [5.41, 5.74) is 1.07. The van der Waals surface area contributed by atoms with Crippen molar-refractivity contribution >= 4 is 36.5 Å². The van der Waals surface area contributed by atoms with E-state index in [4.69, 9.17) is 0 Å². The van der Waals surface area contributed by atoms with Crippen LogP contribution in [0.25, 0.3) is 0 Å². The first-order chi connectivity index (χ1) is 11.7. The minimum Gasteiger partial charge on any atom is -0.357 e. The number of pyridine rings is 1. The molecule has 2 fully saturated rings. The Morgan fingerprint density at radius 1 is 1.27 bits per heavy atom. The zero-order valence-corrected chi connectivity index (χ0v) is 17.2. The maximum absolute atomic E-state index is 12.2. The number of aromatic nitrogens is 1. The normalized spacial score (nSPS) is 18.6. The van der Waals surface area contributed by atoms with Gasteiger partial charge in [0.2, 0.25) is 5.91 Å². The third kappa shape index (κ3) is 6.60. The minimum absolute atomic E-state index is 0. The van der Waals surface area contributed by atoms with Gasteiger partial charge in [0.15, 0.2) is 0 Å². The Kier molecular flexibility index (Phi) is 10.3. The van der Waals surface area contributed by atoms with Gasteiger partial charge < -0.3 is 15.5 Å². The van der Waals surface area contributed by atoms with E-state index in [1.807, 2.05) is 6.20 Å². The molecule has 3 rings (SSSR count). The lowest BCUT2D eigenvalue weighted by molar-refractivity contribution is -0.122. The van der Waals surface area contributed by atoms with E-state index in [0.717, 1.165) is 37.6 Å². The van der Waals surface area contributed by atoms with Crippen LogP contribution in [0.1, 0.15) is 44.6 Å². The zero-order valence-electron chi connectivity index (χ0n) is 15.6. The smallest absolute Gasteiger partial charge is 0.220 e. The van der Waals surface area contributed by atoms with Crippen LogP contribution in [-0.4, -0.2) is 37.1 Å². The lowest BCUT2D eigenvalue weighted by Gasteiger charge is -2.27. The van der Waals surface area contributed by atoms with Crippen LogP contribution in [0.4, 0.5) is 5.82 Å². The van der Waals surface area contributed by atoms with Crippen LogP contribution >= 0.6 is 24.8 Å². The maximum Gasteiger partial charge on any atom is 0.220 e. The summed E-state index contributed by atoms with van der Waals surface area (Å²) in [7, 11) is 0. The number of amides is 1. The number of nitrogens with zero attached hydrogens (tertiary/aromatic N) is 2. The molecule has 1 unspecified atom stereocenters. The molecule has 1 amide bonds. The first kappa shape index (κ1) is 23.0. The molecule has 0 aliphatic carbocycles. The third-order valence-electron chi connectivity index (χ3n) is 5.42. The number of anilines is 1. The average Bonchev–Trinajstić information content (AvgIpc) is 3.16. The fourth-order valence-electron chi connectivity index (χ4n) is 3.80. The Bertz CT molecular complexity index is 529. The number of rotatable bonds is 6. The van der Waals surface area contributed by atoms with Gasteiger partial charge in [-0.1, -0.05) is 13.0 Å². The second-order valence-corrected chi connectivity index (χ2v) is 7.26. The van der Waals surface area contributed by atoms with E-state index in [1.165, 1.54) is 25.7 Å². The lowest BCUT2D eigenvalue weighted by Crippen LogP contribution is -2.33. The second-order valence-electron chi connectivity index (χ2n) is 7.26. The van der Waals surface area contributed by atoms with Gasteiger partial charge in [0.05, 0.1) is 0 Å². The van der Waals surface area contributed by atoms with E-state index in [0.29, 0.717) is 24.8 Å². The van der Waals surface area contributed by atoms with Gasteiger partial charge in [-0.25, -0.2) is 4.98 Å². The monoisotopic (exact) mass is 402 g/mol. The Morgan fingerprint density at radius 2 is 1.96 bits per heavy atom. The third-order valence-corrected chi connectivity index (χ3v) is 5.42. The topological polar surface area (TPSA) is 57.3 Å². The van der Waals surface area contributed by atoms with Crippen molar-refractivity contribution in [3.05, 3.63) is 23.9 Å². The van der Waals surface area contributed by atoms with Crippen molar-refractivity contribution in [3.63, 3.8) is 0 Å². The molecule has 1 atom stereocenters. The van der Waals surface area contributed by atoms with Gasteiger partial charge >= 0.3 is 0 Å². The van der Waals surface area contributed by atoms with Crippen molar-refractivity contribution in [2.24, 2.45) is 11.8 Å². The fraction of sp³-hybridized carbons (Fsp3) is 0.684. The van der Waals surface area contributed by atoms with Gasteiger partial charge in [0.25, 0.3) is 0 Å². The van der Waals surface area contributed by atoms with Crippen LogP contribution < -0.4 is 15.5 Å². The van der Waals surface area contributed by atoms with Crippen molar-refractivity contribution in [1.82, 2.24) is 15.6 Å². The Morgan fingerprint density at radius 3 is 2.58 bits per heavy atom. The lowest BCUT2D eigenvalue weighted by atomic mass is 9.84. The van der Waals surface area contributed by atoms with Crippen LogP contribution in [0.5, 0.6) is 0 Å². The van der Waals surface area contributed by atoms with Crippen molar-refractivity contribution in [2.75, 3.05) is 31.1 Å². The number of hydrogen-bond acceptors (Lipinski definition) is 4. The van der Waals surface area contributed by atoms with Gasteiger partial charge in [0.1, 0.15) is 5.82 Å². The van der Waals surface area contributed by atoms with Gasteiger partial charge in [0, 0.05) is 32.3 Å². The number of halogens is 2. The molecule has 0 spiro atoms. The van der Waals surface area contributed by atoms with Crippen LogP contribution in [0.2, 0.25) is 0 Å². The molecular weight excluding hydrogens is 371 g/mol. The Labute approximate surface area is 169 Å². The molecule has 2 saturated heterocycles. The molecule has 0 radical (unpaired) electrons. The summed E-state index contributed by atoms with van der Waals surface area (Å²) in [6.07, 6.45) is 7.42. The van der Waals surface area contributed by atoms with Crippen molar-refractivity contribution < 1.29 is 4.79 Å². The van der Waals surface area contributed by atoms with Crippen LogP contribution in [-0.2, 0) is 11.3 Å². The second kappa shape index (κ2) is 11.6. The van der Waals surface area contributed by atoms with Crippen molar-refractivity contribution in [2.45, 2.75) is 45.6 Å². The van der Waals surface area contributed by atoms with E-state index >= 15 is 0 Å². The molecule has 2 aliphatic heterocycles. The molecule has 3 heterocycles. The maximum atomic E-state index is 12.2. The van der Waals surface area contributed by atoms with Crippen LogP contribution in [0.15, 0.2) is 18.3 Å². The molecular formula is C19H32Cl2N4O. The highest BCUT2D eigenvalue weighted by Crippen LogP contribution is 2.24. The molecule has 7 heteroatoms. The highest BCUT2D eigenvalue weighted by atomic mass is 35.5. The summed E-state index contributed by atoms with van der Waals surface area (Å²) in [6, 6.07) is 4.15.